The SMILES string of the molecule is Cc1noc(C)c1CN1CC[C@H]2CN(Cc3nccs3)C[C@H]2C1. The summed E-state index contributed by atoms with van der Waals surface area (Å²) in [4.78, 5) is 9.61. The van der Waals surface area contributed by atoms with Gasteiger partial charge in [-0.2, -0.15) is 0 Å². The number of hydrogen-bond donors (Lipinski definition) is 0. The second-order valence-corrected chi connectivity index (χ2v) is 7.95. The molecule has 124 valence electrons. The zero-order chi connectivity index (χ0) is 15.8. The first-order valence-corrected chi connectivity index (χ1v) is 9.32. The molecule has 0 amide bonds. The van der Waals surface area contributed by atoms with Crippen LogP contribution in [0.5, 0.6) is 0 Å². The molecule has 2 aromatic heterocycles. The number of rotatable bonds is 4. The topological polar surface area (TPSA) is 45.4 Å². The Morgan fingerprint density at radius 2 is 2.00 bits per heavy atom. The van der Waals surface area contributed by atoms with Gasteiger partial charge >= 0.3 is 0 Å². The molecule has 0 aliphatic carbocycles. The van der Waals surface area contributed by atoms with Crippen molar-refractivity contribution >= 4 is 11.3 Å². The lowest BCUT2D eigenvalue weighted by atomic mass is 9.88. The highest BCUT2D eigenvalue weighted by Gasteiger charge is 2.37. The molecule has 0 radical (unpaired) electrons. The fourth-order valence-corrected chi connectivity index (χ4v) is 4.74. The van der Waals surface area contributed by atoms with Crippen LogP contribution in [0.3, 0.4) is 0 Å². The second-order valence-electron chi connectivity index (χ2n) is 6.97. The number of hydrogen-bond acceptors (Lipinski definition) is 6. The number of fused-ring (bicyclic) bond motifs is 1. The summed E-state index contributed by atoms with van der Waals surface area (Å²) in [6.45, 7) is 10.9. The summed E-state index contributed by atoms with van der Waals surface area (Å²) in [6.07, 6.45) is 3.22. The number of piperidine rings is 1. The molecule has 2 atom stereocenters. The van der Waals surface area contributed by atoms with Gasteiger partial charge in [-0.05, 0) is 38.6 Å². The van der Waals surface area contributed by atoms with Crippen LogP contribution in [-0.4, -0.2) is 46.1 Å². The minimum Gasteiger partial charge on any atom is -0.361 e. The zero-order valence-electron chi connectivity index (χ0n) is 13.9. The van der Waals surface area contributed by atoms with Crippen LogP contribution in [-0.2, 0) is 13.1 Å². The van der Waals surface area contributed by atoms with Crippen molar-refractivity contribution in [3.63, 3.8) is 0 Å². The maximum Gasteiger partial charge on any atom is 0.138 e. The van der Waals surface area contributed by atoms with Gasteiger partial charge in [0.2, 0.25) is 0 Å². The molecule has 2 saturated heterocycles. The largest absolute Gasteiger partial charge is 0.361 e. The van der Waals surface area contributed by atoms with Crippen molar-refractivity contribution in [2.75, 3.05) is 26.2 Å². The Kier molecular flexibility index (Phi) is 4.22. The van der Waals surface area contributed by atoms with Crippen molar-refractivity contribution in [1.82, 2.24) is 19.9 Å². The summed E-state index contributed by atoms with van der Waals surface area (Å²) < 4.78 is 5.31. The molecule has 2 aliphatic rings. The van der Waals surface area contributed by atoms with Crippen LogP contribution < -0.4 is 0 Å². The van der Waals surface area contributed by atoms with Crippen LogP contribution in [0, 0.1) is 25.7 Å². The Hall–Kier alpha value is -1.24. The standard InChI is InChI=1S/C17H24N4OS/c1-12-16(13(2)22-19-12)10-20-5-3-14-7-21(9-15(14)8-20)11-17-18-4-6-23-17/h4,6,14-15H,3,5,7-11H2,1-2H3/t14-,15+/m0/s1. The van der Waals surface area contributed by atoms with Gasteiger partial charge in [-0.15, -0.1) is 11.3 Å². The molecule has 2 aromatic rings. The molecule has 23 heavy (non-hydrogen) atoms. The van der Waals surface area contributed by atoms with Crippen molar-refractivity contribution in [2.24, 2.45) is 11.8 Å². The lowest BCUT2D eigenvalue weighted by Gasteiger charge is -2.34. The van der Waals surface area contributed by atoms with Gasteiger partial charge < -0.3 is 4.52 Å². The minimum atomic E-state index is 0.796. The van der Waals surface area contributed by atoms with Gasteiger partial charge in [0.1, 0.15) is 10.8 Å². The summed E-state index contributed by atoms with van der Waals surface area (Å²) >= 11 is 1.77. The lowest BCUT2D eigenvalue weighted by molar-refractivity contribution is 0.141. The Morgan fingerprint density at radius 1 is 1.17 bits per heavy atom. The summed E-state index contributed by atoms with van der Waals surface area (Å²) in [7, 11) is 0. The van der Waals surface area contributed by atoms with E-state index < -0.39 is 0 Å². The smallest absolute Gasteiger partial charge is 0.138 e. The average Bonchev–Trinajstić information content (AvgIpc) is 3.24. The second kappa shape index (κ2) is 6.34. The molecule has 2 fully saturated rings. The highest BCUT2D eigenvalue weighted by Crippen LogP contribution is 2.33. The molecule has 2 aliphatic heterocycles. The van der Waals surface area contributed by atoms with E-state index >= 15 is 0 Å². The van der Waals surface area contributed by atoms with Gasteiger partial charge in [0.25, 0.3) is 0 Å². The molecule has 0 aromatic carbocycles. The first-order chi connectivity index (χ1) is 11.2. The third-order valence-electron chi connectivity index (χ3n) is 5.37. The highest BCUT2D eigenvalue weighted by atomic mass is 32.1. The van der Waals surface area contributed by atoms with E-state index in [4.69, 9.17) is 4.52 Å². The van der Waals surface area contributed by atoms with E-state index in [9.17, 15) is 0 Å². The van der Waals surface area contributed by atoms with E-state index in [1.165, 1.54) is 43.2 Å². The van der Waals surface area contributed by atoms with Crippen molar-refractivity contribution < 1.29 is 4.52 Å². The van der Waals surface area contributed by atoms with E-state index in [0.29, 0.717) is 0 Å². The Balaban J connectivity index is 1.36. The summed E-state index contributed by atoms with van der Waals surface area (Å²) in [6, 6.07) is 0. The highest BCUT2D eigenvalue weighted by molar-refractivity contribution is 7.09. The van der Waals surface area contributed by atoms with Gasteiger partial charge in [0.15, 0.2) is 0 Å². The number of likely N-dealkylation sites (tertiary alicyclic amines) is 2. The average molecular weight is 332 g/mol. The molecule has 5 nitrogen and oxygen atoms in total. The summed E-state index contributed by atoms with van der Waals surface area (Å²) in [5.41, 5.74) is 2.32. The van der Waals surface area contributed by atoms with Crippen LogP contribution in [0.4, 0.5) is 0 Å². The number of thiazole rings is 1. The maximum atomic E-state index is 5.31. The molecule has 0 spiro atoms. The van der Waals surface area contributed by atoms with Crippen LogP contribution >= 0.6 is 11.3 Å². The molecular formula is C17H24N4OS. The monoisotopic (exact) mass is 332 g/mol. The summed E-state index contributed by atoms with van der Waals surface area (Å²) in [5.74, 6) is 2.63. The fourth-order valence-electron chi connectivity index (χ4n) is 4.09. The fraction of sp³-hybridized carbons (Fsp3) is 0.647. The lowest BCUT2D eigenvalue weighted by Crippen LogP contribution is -2.39. The molecule has 4 rings (SSSR count). The van der Waals surface area contributed by atoms with Gasteiger partial charge in [-0.3, -0.25) is 9.80 Å². The Labute approximate surface area is 141 Å². The molecule has 0 bridgehead atoms. The van der Waals surface area contributed by atoms with E-state index in [2.05, 4.69) is 25.3 Å². The van der Waals surface area contributed by atoms with Crippen LogP contribution in [0.2, 0.25) is 0 Å². The molecular weight excluding hydrogens is 308 g/mol. The van der Waals surface area contributed by atoms with E-state index in [-0.39, 0.29) is 0 Å². The van der Waals surface area contributed by atoms with Crippen LogP contribution in [0.15, 0.2) is 16.1 Å². The molecule has 4 heterocycles. The maximum absolute atomic E-state index is 5.31. The molecule has 0 saturated carbocycles. The van der Waals surface area contributed by atoms with Gasteiger partial charge in [-0.1, -0.05) is 5.16 Å². The van der Waals surface area contributed by atoms with Gasteiger partial charge in [0, 0.05) is 43.3 Å². The van der Waals surface area contributed by atoms with Gasteiger partial charge in [-0.25, -0.2) is 4.98 Å². The normalized spacial score (nSPS) is 25.8. The zero-order valence-corrected chi connectivity index (χ0v) is 14.7. The van der Waals surface area contributed by atoms with E-state index in [0.717, 1.165) is 36.4 Å². The quantitative estimate of drug-likeness (QED) is 0.861. The molecule has 6 heteroatoms. The molecule has 0 unspecified atom stereocenters. The Morgan fingerprint density at radius 3 is 2.74 bits per heavy atom. The summed E-state index contributed by atoms with van der Waals surface area (Å²) in [5, 5.41) is 7.41. The van der Waals surface area contributed by atoms with Gasteiger partial charge in [0.05, 0.1) is 12.2 Å². The third-order valence-corrected chi connectivity index (χ3v) is 6.13. The van der Waals surface area contributed by atoms with Crippen molar-refractivity contribution in [1.29, 1.82) is 0 Å². The molecule has 0 N–H and O–H groups in total. The Bertz CT molecular complexity index is 634. The van der Waals surface area contributed by atoms with Crippen molar-refractivity contribution in [3.05, 3.63) is 33.6 Å². The van der Waals surface area contributed by atoms with Crippen LogP contribution in [0.1, 0.15) is 28.4 Å². The predicted octanol–water partition coefficient (Wildman–Crippen LogP) is 2.70. The van der Waals surface area contributed by atoms with Crippen molar-refractivity contribution in [2.45, 2.75) is 33.4 Å². The number of aryl methyl sites for hydroxylation is 2. The first-order valence-electron chi connectivity index (χ1n) is 8.44. The number of aromatic nitrogens is 2. The van der Waals surface area contributed by atoms with E-state index in [1.807, 2.05) is 20.0 Å². The minimum absolute atomic E-state index is 0.796. The van der Waals surface area contributed by atoms with Crippen molar-refractivity contribution in [3.8, 4) is 0 Å². The number of nitrogens with zero attached hydrogens (tertiary/aromatic N) is 4. The van der Waals surface area contributed by atoms with Crippen LogP contribution in [0.25, 0.3) is 0 Å². The third kappa shape index (κ3) is 3.20. The predicted molar refractivity (Wildman–Crippen MR) is 90.2 cm³/mol. The van der Waals surface area contributed by atoms with E-state index in [1.54, 1.807) is 11.3 Å². The first kappa shape index (κ1) is 15.3.